The number of halogens is 1. The number of Topliss-reactive ketones (excluding diaryl/α,β-unsaturated/α-hetero) is 1. The number of carbonyl (C=O) groups excluding carboxylic acids is 1. The molecule has 0 aromatic heterocycles. The maximum absolute atomic E-state index is 11.2. The summed E-state index contributed by atoms with van der Waals surface area (Å²) in [5.41, 5.74) is 1.75. The Labute approximate surface area is 182 Å². The van der Waals surface area contributed by atoms with Crippen molar-refractivity contribution in [2.45, 2.75) is 13.5 Å². The van der Waals surface area contributed by atoms with Gasteiger partial charge in [-0.1, -0.05) is 24.3 Å². The standard InChI is InChI=1S/C19H30IO7P/c1-17(21)19-4-2-18(3-5-19)16-26-13-12-24-9-8-22-6-7-23-10-11-25-14-15-27-28-20/h2-5,28H,6-16H2,1H3. The summed E-state index contributed by atoms with van der Waals surface area (Å²) >= 11 is 2.18. The van der Waals surface area contributed by atoms with Gasteiger partial charge in [0, 0.05) is 5.56 Å². The van der Waals surface area contributed by atoms with Gasteiger partial charge >= 0.3 is 0 Å². The van der Waals surface area contributed by atoms with Crippen LogP contribution in [0.5, 0.6) is 0 Å². The van der Waals surface area contributed by atoms with Crippen LogP contribution in [-0.4, -0.2) is 71.9 Å². The Morgan fingerprint density at radius 2 is 1.18 bits per heavy atom. The summed E-state index contributed by atoms with van der Waals surface area (Å²) in [6.45, 7) is 8.06. The zero-order valence-corrected chi connectivity index (χ0v) is 19.5. The van der Waals surface area contributed by atoms with E-state index >= 15 is 0 Å². The van der Waals surface area contributed by atoms with Crippen molar-refractivity contribution in [3.05, 3.63) is 35.4 Å². The average Bonchev–Trinajstić information content (AvgIpc) is 2.70. The minimum atomic E-state index is 0.0667. The van der Waals surface area contributed by atoms with Crippen LogP contribution in [0, 0.1) is 0 Å². The van der Waals surface area contributed by atoms with Gasteiger partial charge in [-0.15, -0.1) is 0 Å². The predicted octanol–water partition coefficient (Wildman–Crippen LogP) is 3.43. The van der Waals surface area contributed by atoms with E-state index in [2.05, 4.69) is 22.0 Å². The second-order valence-electron chi connectivity index (χ2n) is 5.68. The summed E-state index contributed by atoms with van der Waals surface area (Å²) in [7, 11) is 0. The highest BCUT2D eigenvalue weighted by Gasteiger charge is 1.99. The van der Waals surface area contributed by atoms with Gasteiger partial charge in [0.2, 0.25) is 0 Å². The van der Waals surface area contributed by atoms with E-state index in [1.165, 1.54) is 0 Å². The quantitative estimate of drug-likeness (QED) is 0.118. The van der Waals surface area contributed by atoms with E-state index < -0.39 is 0 Å². The minimum absolute atomic E-state index is 0.0667. The molecule has 0 fully saturated rings. The molecule has 0 radical (unpaired) electrons. The molecular formula is C19H30IO7P. The van der Waals surface area contributed by atoms with Crippen molar-refractivity contribution in [1.29, 1.82) is 0 Å². The van der Waals surface area contributed by atoms with E-state index in [4.69, 9.17) is 28.2 Å². The van der Waals surface area contributed by atoms with Gasteiger partial charge in [-0.05, 0) is 34.5 Å². The highest BCUT2D eigenvalue weighted by molar-refractivity contribution is 14.2. The molecule has 1 atom stereocenters. The van der Waals surface area contributed by atoms with Crippen molar-refractivity contribution < 1.29 is 33.0 Å². The Morgan fingerprint density at radius 3 is 1.61 bits per heavy atom. The first-order valence-corrected chi connectivity index (χ1v) is 13.2. The zero-order chi connectivity index (χ0) is 20.3. The van der Waals surface area contributed by atoms with Gasteiger partial charge in [-0.25, -0.2) is 0 Å². The molecule has 0 saturated heterocycles. The summed E-state index contributed by atoms with van der Waals surface area (Å²) < 4.78 is 32.3. The Kier molecular flexibility index (Phi) is 17.4. The van der Waals surface area contributed by atoms with Crippen LogP contribution in [0.1, 0.15) is 22.8 Å². The molecule has 28 heavy (non-hydrogen) atoms. The lowest BCUT2D eigenvalue weighted by atomic mass is 10.1. The van der Waals surface area contributed by atoms with Crippen molar-refractivity contribution in [2.24, 2.45) is 0 Å². The summed E-state index contributed by atoms with van der Waals surface area (Å²) in [5, 5.41) is 0. The Morgan fingerprint density at radius 1 is 0.750 bits per heavy atom. The first kappa shape index (κ1) is 25.8. The lowest BCUT2D eigenvalue weighted by Crippen LogP contribution is -2.13. The fourth-order valence-electron chi connectivity index (χ4n) is 2.04. The fraction of sp³-hybridized carbons (Fsp3) is 0.632. The molecule has 0 heterocycles. The van der Waals surface area contributed by atoms with Crippen LogP contribution in [0.15, 0.2) is 24.3 Å². The monoisotopic (exact) mass is 528 g/mol. The van der Waals surface area contributed by atoms with Crippen LogP contribution < -0.4 is 0 Å². The normalized spacial score (nSPS) is 11.5. The Hall–Kier alpha value is -0.190. The molecular weight excluding hydrogens is 498 g/mol. The van der Waals surface area contributed by atoms with Gasteiger partial charge in [0.1, 0.15) is 0 Å². The highest BCUT2D eigenvalue weighted by Crippen LogP contribution is 2.20. The van der Waals surface area contributed by atoms with Gasteiger partial charge in [0.25, 0.3) is 0 Å². The summed E-state index contributed by atoms with van der Waals surface area (Å²) in [6.07, 6.45) is 0. The van der Waals surface area contributed by atoms with Crippen molar-refractivity contribution in [1.82, 2.24) is 0 Å². The number of ether oxygens (including phenoxy) is 5. The molecule has 1 unspecified atom stereocenters. The lowest BCUT2D eigenvalue weighted by molar-refractivity contribution is -0.0137. The smallest absolute Gasteiger partial charge is 0.159 e. The first-order chi connectivity index (χ1) is 13.7. The second kappa shape index (κ2) is 18.8. The van der Waals surface area contributed by atoms with E-state index in [9.17, 15) is 4.79 Å². The van der Waals surface area contributed by atoms with Crippen molar-refractivity contribution in [3.8, 4) is 0 Å². The SMILES string of the molecule is CC(=O)c1ccc(COCCOCCOCCOCCOCCOPI)cc1. The first-order valence-electron chi connectivity index (χ1n) is 9.20. The van der Waals surface area contributed by atoms with Gasteiger partial charge in [0.05, 0.1) is 79.1 Å². The van der Waals surface area contributed by atoms with Crippen molar-refractivity contribution >= 4 is 34.3 Å². The molecule has 9 heteroatoms. The van der Waals surface area contributed by atoms with Crippen LogP contribution in [0.25, 0.3) is 0 Å². The van der Waals surface area contributed by atoms with Gasteiger partial charge in [-0.2, -0.15) is 0 Å². The topological polar surface area (TPSA) is 72.5 Å². The number of ketones is 1. The van der Waals surface area contributed by atoms with Gasteiger partial charge in [0.15, 0.2) is 5.78 Å². The second-order valence-corrected chi connectivity index (χ2v) is 7.44. The van der Waals surface area contributed by atoms with E-state index in [-0.39, 0.29) is 5.78 Å². The number of benzene rings is 1. The molecule has 1 aromatic rings. The van der Waals surface area contributed by atoms with E-state index in [1.807, 2.05) is 24.3 Å². The largest absolute Gasteiger partial charge is 0.377 e. The average molecular weight is 528 g/mol. The third kappa shape index (κ3) is 14.8. The molecule has 0 aliphatic rings. The molecule has 0 saturated carbocycles. The maximum Gasteiger partial charge on any atom is 0.159 e. The molecule has 0 aliphatic carbocycles. The van der Waals surface area contributed by atoms with Crippen LogP contribution in [0.3, 0.4) is 0 Å². The summed E-state index contributed by atoms with van der Waals surface area (Å²) in [4.78, 5) is 11.2. The summed E-state index contributed by atoms with van der Waals surface area (Å²) in [6, 6.07) is 7.43. The number of carbonyl (C=O) groups is 1. The molecule has 160 valence electrons. The van der Waals surface area contributed by atoms with E-state index in [1.54, 1.807) is 6.92 Å². The minimum Gasteiger partial charge on any atom is -0.377 e. The molecule has 0 amide bonds. The number of rotatable bonds is 19. The van der Waals surface area contributed by atoms with Crippen LogP contribution >= 0.6 is 28.5 Å². The van der Waals surface area contributed by atoms with Crippen molar-refractivity contribution in [3.63, 3.8) is 0 Å². The zero-order valence-electron chi connectivity index (χ0n) is 16.3. The predicted molar refractivity (Wildman–Crippen MR) is 118 cm³/mol. The summed E-state index contributed by atoms with van der Waals surface area (Å²) in [5.74, 6) is 0.0667. The molecule has 7 nitrogen and oxygen atoms in total. The third-order valence-corrected chi connectivity index (χ3v) is 4.75. The highest BCUT2D eigenvalue weighted by atomic mass is 127. The Balaban J connectivity index is 1.79. The molecule has 0 bridgehead atoms. The van der Waals surface area contributed by atoms with Crippen LogP contribution in [-0.2, 0) is 34.8 Å². The Bertz CT molecular complexity index is 502. The van der Waals surface area contributed by atoms with Gasteiger partial charge < -0.3 is 28.2 Å². The molecule has 1 aromatic carbocycles. The van der Waals surface area contributed by atoms with Crippen molar-refractivity contribution in [2.75, 3.05) is 66.1 Å². The molecule has 0 N–H and O–H groups in total. The molecule has 1 rings (SSSR count). The maximum atomic E-state index is 11.2. The lowest BCUT2D eigenvalue weighted by Gasteiger charge is -2.08. The molecule has 0 spiro atoms. The number of hydrogen-bond acceptors (Lipinski definition) is 7. The third-order valence-electron chi connectivity index (χ3n) is 3.50. The number of hydrogen-bond donors (Lipinski definition) is 0. The van der Waals surface area contributed by atoms with E-state index in [0.29, 0.717) is 84.7 Å². The van der Waals surface area contributed by atoms with Crippen LogP contribution in [0.2, 0.25) is 0 Å². The van der Waals surface area contributed by atoms with Gasteiger partial charge in [-0.3, -0.25) is 4.79 Å². The fourth-order valence-corrected chi connectivity index (χ4v) is 2.87. The molecule has 0 aliphatic heterocycles. The van der Waals surface area contributed by atoms with E-state index in [0.717, 1.165) is 5.56 Å². The van der Waals surface area contributed by atoms with Crippen LogP contribution in [0.4, 0.5) is 0 Å².